The largest absolute Gasteiger partial charge is 0.416 e. The molecule has 0 bridgehead atoms. The zero-order chi connectivity index (χ0) is 73.3. The van der Waals surface area contributed by atoms with Gasteiger partial charge in [-0.15, -0.1) is 15.3 Å². The number of nitrogens with one attached hydrogen (secondary N) is 3. The Morgan fingerprint density at radius 2 is 0.933 bits per heavy atom. The Morgan fingerprint density at radius 1 is 0.481 bits per heavy atom. The van der Waals surface area contributed by atoms with E-state index in [1.165, 1.54) is 33.6 Å². The molecule has 0 saturated carbocycles. The van der Waals surface area contributed by atoms with Gasteiger partial charge in [0.15, 0.2) is 0 Å². The SMILES string of the molecule is CC(c1ccc(Cl)cc1C(F)(F)F)n1nnc2ccc(C3=CCN(C(=O)C4CCCN4)CC3)cc21.CC(c1ccc(Cl)cc1C(F)(F)F)n1nnc2ccc(N3CCN(C(=O)C4CCCN4)CC3)cc21.CC(c1ccc(Cl)cc1Cl)n1nnc2ccc(N3CCN(C(=O)C4CCCCN4)[C@H](C)C3)cc21. The van der Waals surface area contributed by atoms with Gasteiger partial charge in [0, 0.05) is 96.4 Å². The molecule has 30 heteroatoms. The number of hydrogen-bond acceptors (Lipinski definition) is 14. The number of rotatable bonds is 12. The number of aromatic nitrogens is 9. The number of carbonyl (C=O) groups is 3. The number of hydrogen-bond donors (Lipinski definition) is 3. The molecule has 0 radical (unpaired) electrons. The number of piperazine rings is 2. The van der Waals surface area contributed by atoms with Gasteiger partial charge in [0.05, 0.1) is 63.9 Å². The van der Waals surface area contributed by atoms with Crippen LogP contribution in [0.25, 0.3) is 38.7 Å². The minimum absolute atomic E-state index is 0.0271. The van der Waals surface area contributed by atoms with Crippen LogP contribution in [0.5, 0.6) is 0 Å². The van der Waals surface area contributed by atoms with Gasteiger partial charge in [0.1, 0.15) is 16.6 Å². The highest BCUT2D eigenvalue weighted by molar-refractivity contribution is 6.35. The third-order valence-electron chi connectivity index (χ3n) is 20.9. The second-order valence-electron chi connectivity index (χ2n) is 27.5. The van der Waals surface area contributed by atoms with Crippen LogP contribution in [-0.2, 0) is 26.7 Å². The Labute approximate surface area is 617 Å². The number of halogens is 10. The summed E-state index contributed by atoms with van der Waals surface area (Å²) in [6.07, 6.45) is 0.700. The number of alkyl halides is 6. The number of amides is 3. The van der Waals surface area contributed by atoms with E-state index in [0.29, 0.717) is 77.8 Å². The molecule has 0 spiro atoms. The van der Waals surface area contributed by atoms with Crippen molar-refractivity contribution >= 4 is 114 Å². The first-order valence-electron chi connectivity index (χ1n) is 35.4. The van der Waals surface area contributed by atoms with Gasteiger partial charge in [0.25, 0.3) is 0 Å². The highest BCUT2D eigenvalue weighted by Gasteiger charge is 2.39. The molecule has 104 heavy (non-hydrogen) atoms. The highest BCUT2D eigenvalue weighted by atomic mass is 35.5. The fourth-order valence-corrected chi connectivity index (χ4v) is 16.0. The van der Waals surface area contributed by atoms with E-state index in [0.717, 1.165) is 135 Å². The molecule has 20 nitrogen and oxygen atoms in total. The van der Waals surface area contributed by atoms with E-state index >= 15 is 0 Å². The molecular formula is C74H81Cl4F6N17O3. The Kier molecular flexibility index (Phi) is 22.5. The Bertz CT molecular complexity index is 4640. The molecule has 3 N–H and O–H groups in total. The maximum absolute atomic E-state index is 13.7. The fourth-order valence-electron chi connectivity index (χ4n) is 15.1. The van der Waals surface area contributed by atoms with Crippen LogP contribution < -0.4 is 25.8 Å². The van der Waals surface area contributed by atoms with Gasteiger partial charge in [-0.3, -0.25) is 14.4 Å². The van der Waals surface area contributed by atoms with E-state index in [1.54, 1.807) is 19.9 Å². The van der Waals surface area contributed by atoms with Crippen molar-refractivity contribution in [1.29, 1.82) is 0 Å². The quantitative estimate of drug-likeness (QED) is 0.0977. The van der Waals surface area contributed by atoms with E-state index in [4.69, 9.17) is 46.4 Å². The number of fused-ring (bicyclic) bond motifs is 3. The predicted octanol–water partition coefficient (Wildman–Crippen LogP) is 13.7. The van der Waals surface area contributed by atoms with Crippen LogP contribution in [0.3, 0.4) is 0 Å². The summed E-state index contributed by atoms with van der Waals surface area (Å²) in [6.45, 7) is 16.3. The summed E-state index contributed by atoms with van der Waals surface area (Å²) in [5.41, 5.74) is 7.89. The van der Waals surface area contributed by atoms with Crippen LogP contribution >= 0.6 is 46.4 Å². The van der Waals surface area contributed by atoms with Crippen molar-refractivity contribution in [2.45, 2.75) is 134 Å². The van der Waals surface area contributed by atoms with Gasteiger partial charge in [-0.25, -0.2) is 14.0 Å². The molecule has 6 aromatic carbocycles. The minimum atomic E-state index is -4.54. The zero-order valence-corrected chi connectivity index (χ0v) is 60.9. The summed E-state index contributed by atoms with van der Waals surface area (Å²) in [4.78, 5) is 48.8. The maximum atomic E-state index is 13.7. The fraction of sp³-hybridized carbons (Fsp3) is 0.446. The first-order valence-corrected chi connectivity index (χ1v) is 36.9. The van der Waals surface area contributed by atoms with Crippen molar-refractivity contribution in [1.82, 2.24) is 75.6 Å². The number of benzene rings is 6. The lowest BCUT2D eigenvalue weighted by Crippen LogP contribution is -2.58. The molecule has 0 aliphatic carbocycles. The van der Waals surface area contributed by atoms with Crippen LogP contribution in [0, 0.1) is 0 Å². The average molecular weight is 1510 g/mol. The second kappa shape index (κ2) is 31.5. The minimum Gasteiger partial charge on any atom is -0.368 e. The summed E-state index contributed by atoms with van der Waals surface area (Å²) in [5, 5.41) is 36.6. The first-order chi connectivity index (χ1) is 49.9. The number of piperidine rings is 1. The van der Waals surface area contributed by atoms with Crippen molar-refractivity contribution in [3.63, 3.8) is 0 Å². The molecule has 5 fully saturated rings. The van der Waals surface area contributed by atoms with Gasteiger partial charge in [-0.1, -0.05) is 98.8 Å². The van der Waals surface area contributed by atoms with Gasteiger partial charge in [-0.2, -0.15) is 26.3 Å². The van der Waals surface area contributed by atoms with Gasteiger partial charge >= 0.3 is 12.4 Å². The molecule has 15 rings (SSSR count). The third kappa shape index (κ3) is 16.2. The van der Waals surface area contributed by atoms with Crippen molar-refractivity contribution < 1.29 is 40.7 Å². The van der Waals surface area contributed by atoms with E-state index in [-0.39, 0.29) is 69.1 Å². The van der Waals surface area contributed by atoms with Crippen molar-refractivity contribution in [2.24, 2.45) is 0 Å². The second-order valence-corrected chi connectivity index (χ2v) is 29.2. The van der Waals surface area contributed by atoms with Gasteiger partial charge in [0.2, 0.25) is 17.7 Å². The molecular weight excluding hydrogens is 1430 g/mol. The molecule has 3 amide bonds. The monoisotopic (exact) mass is 1510 g/mol. The first kappa shape index (κ1) is 74.2. The average Bonchev–Trinajstić information content (AvgIpc) is 1.21. The molecule has 6 unspecified atom stereocenters. The molecule has 9 heterocycles. The van der Waals surface area contributed by atoms with E-state index < -0.39 is 35.6 Å². The molecule has 550 valence electrons. The topological polar surface area (TPSA) is 196 Å². The van der Waals surface area contributed by atoms with Crippen LogP contribution in [0.2, 0.25) is 20.1 Å². The summed E-state index contributed by atoms with van der Waals surface area (Å²) >= 11 is 24.3. The van der Waals surface area contributed by atoms with Gasteiger partial charge in [-0.05, 0) is 205 Å². The van der Waals surface area contributed by atoms with E-state index in [1.807, 2.05) is 69.1 Å². The lowest BCUT2D eigenvalue weighted by atomic mass is 9.98. The smallest absolute Gasteiger partial charge is 0.368 e. The lowest BCUT2D eigenvalue weighted by Gasteiger charge is -2.42. The molecule has 7 atom stereocenters. The van der Waals surface area contributed by atoms with Crippen LogP contribution in [0.4, 0.5) is 37.7 Å². The summed E-state index contributed by atoms with van der Waals surface area (Å²) < 4.78 is 87.1. The third-order valence-corrected chi connectivity index (χ3v) is 21.9. The molecule has 5 saturated heterocycles. The normalized spacial score (nSPS) is 20.6. The van der Waals surface area contributed by atoms with Crippen molar-refractivity contribution in [3.05, 3.63) is 169 Å². The lowest BCUT2D eigenvalue weighted by molar-refractivity contribution is -0.139. The summed E-state index contributed by atoms with van der Waals surface area (Å²) in [6, 6.07) is 29.2. The van der Waals surface area contributed by atoms with Crippen molar-refractivity contribution in [2.75, 3.05) is 88.3 Å². The van der Waals surface area contributed by atoms with E-state index in [2.05, 4.69) is 93.6 Å². The Balaban J connectivity index is 0.000000139. The molecule has 9 aromatic rings. The van der Waals surface area contributed by atoms with Gasteiger partial charge < -0.3 is 40.4 Å². The number of anilines is 2. The van der Waals surface area contributed by atoms with Crippen LogP contribution in [0.15, 0.2) is 115 Å². The number of nitrogens with zero attached hydrogens (tertiary/aromatic N) is 14. The Morgan fingerprint density at radius 3 is 1.41 bits per heavy atom. The number of carbonyl (C=O) groups excluding carboxylic acids is 3. The van der Waals surface area contributed by atoms with Crippen LogP contribution in [0.1, 0.15) is 131 Å². The maximum Gasteiger partial charge on any atom is 0.416 e. The van der Waals surface area contributed by atoms with Crippen LogP contribution in [-0.4, -0.2) is 180 Å². The molecule has 3 aromatic heterocycles. The summed E-state index contributed by atoms with van der Waals surface area (Å²) in [5.74, 6) is 0.558. The standard InChI is InChI=1S/C25H30Cl2N6O.C25H25ClF3N5O.C24H26ClF3N6O/c1-16-15-31(11-12-32(16)25(34)23-5-3-4-10-28-23)19-7-9-22-24(14-19)33(30-29-22)17(2)20-8-6-18(26)13-21(20)27;1-15(19-6-5-18(26)14-20(19)25(27,28)29)34-23-13-17(4-7-21(23)31-32-34)16-8-11-33(12-9-16)24(35)22-3-2-10-30-22;1-15(18-6-4-16(25)13-19(18)24(26,27)28)34-22-14-17(5-7-20(22)30-31-34)32-9-11-33(12-10-32)23(35)21-3-2-8-29-21/h6-9,13-14,16-17,23,28H,3-5,10-12,15H2,1-2H3;4-8,13-15,22,30H,2-3,9-12H2,1H3;4-7,13-15,21,29H,2-3,8-12H2,1H3/t16-,17?,23?;;/m1../s1. The zero-order valence-electron chi connectivity index (χ0n) is 57.9. The Hall–Kier alpha value is -8.11. The highest BCUT2D eigenvalue weighted by Crippen LogP contribution is 2.41. The summed E-state index contributed by atoms with van der Waals surface area (Å²) in [7, 11) is 0. The van der Waals surface area contributed by atoms with Crippen molar-refractivity contribution in [3.8, 4) is 0 Å². The molecule has 6 aliphatic heterocycles. The molecule has 6 aliphatic rings. The predicted molar refractivity (Wildman–Crippen MR) is 392 cm³/mol. The van der Waals surface area contributed by atoms with E-state index in [9.17, 15) is 40.7 Å².